The zero-order chi connectivity index (χ0) is 14.5. The summed E-state index contributed by atoms with van der Waals surface area (Å²) in [7, 11) is 0. The summed E-state index contributed by atoms with van der Waals surface area (Å²) in [5, 5.41) is 21.0. The highest BCUT2D eigenvalue weighted by Crippen LogP contribution is 2.25. The van der Waals surface area contributed by atoms with Gasteiger partial charge in [-0.3, -0.25) is 4.79 Å². The molecule has 0 aromatic heterocycles. The smallest absolute Gasteiger partial charge is 0.239 e. The second-order valence-electron chi connectivity index (χ2n) is 5.09. The highest BCUT2D eigenvalue weighted by atomic mass is 32.2. The third kappa shape index (κ3) is 4.06. The first-order chi connectivity index (χ1) is 9.58. The van der Waals surface area contributed by atoms with Gasteiger partial charge in [-0.1, -0.05) is 25.1 Å². The van der Waals surface area contributed by atoms with Crippen molar-refractivity contribution < 1.29 is 14.7 Å². The number of hydrogen-bond donors (Lipinski definition) is 1. The minimum Gasteiger partial charge on any atom is -0.550 e. The van der Waals surface area contributed by atoms with E-state index >= 15 is 0 Å². The van der Waals surface area contributed by atoms with Crippen molar-refractivity contribution in [3.05, 3.63) is 0 Å². The molecule has 1 heterocycles. The average molecular weight is 296 g/mol. The molecule has 0 aromatic carbocycles. The Morgan fingerprint density at radius 2 is 2.10 bits per heavy atom. The van der Waals surface area contributed by atoms with Gasteiger partial charge >= 0.3 is 0 Å². The minimum absolute atomic E-state index is 0.301. The molecule has 6 nitrogen and oxygen atoms in total. The molecule has 0 aromatic rings. The highest BCUT2D eigenvalue weighted by Gasteiger charge is 2.30. The summed E-state index contributed by atoms with van der Waals surface area (Å²) in [6.07, 6.45) is 5.11. The van der Waals surface area contributed by atoms with Crippen LogP contribution in [0.15, 0.2) is 10.2 Å². The fourth-order valence-corrected chi connectivity index (χ4v) is 3.28. The number of hydrogen-bond acceptors (Lipinski definition) is 6. The van der Waals surface area contributed by atoms with E-state index in [4.69, 9.17) is 0 Å². The van der Waals surface area contributed by atoms with E-state index in [-0.39, 0.29) is 12.3 Å². The van der Waals surface area contributed by atoms with Gasteiger partial charge in [0.25, 0.3) is 0 Å². The topological polar surface area (TPSA) is 94.0 Å². The number of nitrogens with one attached hydrogen (secondary N) is 1. The van der Waals surface area contributed by atoms with E-state index in [1.807, 2.05) is 0 Å². The van der Waals surface area contributed by atoms with Gasteiger partial charge in [-0.25, -0.2) is 0 Å². The zero-order valence-corrected chi connectivity index (χ0v) is 12.2. The number of carboxylic acid groups (broad SMARTS) is 1. The number of nitrogens with zero attached hydrogens (tertiary/aromatic N) is 2. The Morgan fingerprint density at radius 1 is 1.40 bits per heavy atom. The van der Waals surface area contributed by atoms with Gasteiger partial charge in [0.05, 0.1) is 5.25 Å². The molecule has 1 saturated heterocycles. The van der Waals surface area contributed by atoms with Crippen LogP contribution in [0, 0.1) is 5.92 Å². The highest BCUT2D eigenvalue weighted by molar-refractivity contribution is 8.15. The molecule has 7 heteroatoms. The predicted molar refractivity (Wildman–Crippen MR) is 76.3 cm³/mol. The van der Waals surface area contributed by atoms with E-state index in [0.29, 0.717) is 5.17 Å². The van der Waals surface area contributed by atoms with E-state index in [1.54, 1.807) is 0 Å². The van der Waals surface area contributed by atoms with Crippen LogP contribution in [0.25, 0.3) is 0 Å². The summed E-state index contributed by atoms with van der Waals surface area (Å²) in [4.78, 5) is 22.0. The molecule has 2 rings (SSSR count). The fourth-order valence-electron chi connectivity index (χ4n) is 2.37. The Kier molecular flexibility index (Phi) is 5.17. The SMILES string of the molecule is CCC1CCC(=N/N=C2/NC(=O)[C@H](CC(=O)[O-])S2)CC1. The quantitative estimate of drug-likeness (QED) is 0.771. The summed E-state index contributed by atoms with van der Waals surface area (Å²) in [5.41, 5.74) is 1.06. The van der Waals surface area contributed by atoms with Crippen molar-refractivity contribution in [1.82, 2.24) is 5.32 Å². The third-order valence-corrected chi connectivity index (χ3v) is 4.74. The van der Waals surface area contributed by atoms with Crippen molar-refractivity contribution in [2.24, 2.45) is 16.1 Å². The number of aliphatic carboxylic acids is 1. The largest absolute Gasteiger partial charge is 0.550 e. The first-order valence-electron chi connectivity index (χ1n) is 6.89. The lowest BCUT2D eigenvalue weighted by Gasteiger charge is -2.20. The molecule has 2 fully saturated rings. The van der Waals surface area contributed by atoms with Crippen molar-refractivity contribution in [3.63, 3.8) is 0 Å². The number of rotatable bonds is 4. The van der Waals surface area contributed by atoms with Crippen LogP contribution in [-0.2, 0) is 9.59 Å². The lowest BCUT2D eigenvalue weighted by atomic mass is 9.86. The van der Waals surface area contributed by atoms with E-state index in [0.717, 1.165) is 49.1 Å². The molecule has 0 unspecified atom stereocenters. The van der Waals surface area contributed by atoms with Gasteiger partial charge in [0.2, 0.25) is 5.91 Å². The van der Waals surface area contributed by atoms with Crippen LogP contribution in [-0.4, -0.2) is 28.0 Å². The lowest BCUT2D eigenvalue weighted by molar-refractivity contribution is -0.305. The van der Waals surface area contributed by atoms with Gasteiger partial charge in [-0.2, -0.15) is 5.10 Å². The van der Waals surface area contributed by atoms with Crippen LogP contribution in [0.1, 0.15) is 45.4 Å². The molecule has 2 aliphatic rings. The third-order valence-electron chi connectivity index (χ3n) is 3.67. The second-order valence-corrected chi connectivity index (χ2v) is 6.29. The molecule has 1 atom stereocenters. The Labute approximate surface area is 122 Å². The Bertz CT molecular complexity index is 452. The number of amides is 1. The van der Waals surface area contributed by atoms with Crippen LogP contribution in [0.5, 0.6) is 0 Å². The number of carboxylic acids is 1. The average Bonchev–Trinajstić information content (AvgIpc) is 2.77. The molecule has 0 radical (unpaired) electrons. The van der Waals surface area contributed by atoms with Gasteiger partial charge in [0, 0.05) is 18.1 Å². The fraction of sp³-hybridized carbons (Fsp3) is 0.692. The second kappa shape index (κ2) is 6.88. The Balaban J connectivity index is 1.89. The summed E-state index contributed by atoms with van der Waals surface area (Å²) in [5.74, 6) is -0.787. The summed E-state index contributed by atoms with van der Waals surface area (Å²) in [6, 6.07) is 0. The van der Waals surface area contributed by atoms with Crippen molar-refractivity contribution in [2.75, 3.05) is 0 Å². The van der Waals surface area contributed by atoms with E-state index < -0.39 is 11.2 Å². The first kappa shape index (κ1) is 15.0. The van der Waals surface area contributed by atoms with E-state index in [1.165, 1.54) is 6.42 Å². The maximum Gasteiger partial charge on any atom is 0.239 e. The summed E-state index contributed by atoms with van der Waals surface area (Å²) >= 11 is 1.10. The molecule has 1 saturated carbocycles. The molecular weight excluding hydrogens is 278 g/mol. The van der Waals surface area contributed by atoms with Crippen LogP contribution >= 0.6 is 11.8 Å². The van der Waals surface area contributed by atoms with Crippen molar-refractivity contribution in [3.8, 4) is 0 Å². The number of carbonyl (C=O) groups excluding carboxylic acids is 2. The number of amidine groups is 1. The first-order valence-corrected chi connectivity index (χ1v) is 7.77. The summed E-state index contributed by atoms with van der Waals surface area (Å²) < 4.78 is 0. The van der Waals surface area contributed by atoms with E-state index in [2.05, 4.69) is 22.4 Å². The standard InChI is InChI=1S/C13H19N3O3S/c1-2-8-3-5-9(6-4-8)15-16-13-14-12(19)10(20-13)7-11(17)18/h8,10H,2-7H2,1H3,(H,17,18)(H,14,16,19)/p-1/t8?,10-/m0/s1. The van der Waals surface area contributed by atoms with Gasteiger partial charge in [0.1, 0.15) is 0 Å². The molecular formula is C13H18N3O3S-. The predicted octanol–water partition coefficient (Wildman–Crippen LogP) is 0.670. The van der Waals surface area contributed by atoms with Gasteiger partial charge in [0.15, 0.2) is 5.17 Å². The molecule has 1 amide bonds. The molecule has 1 aliphatic heterocycles. The number of thioether (sulfide) groups is 1. The normalized spacial score (nSPS) is 28.6. The molecule has 0 spiro atoms. The number of carbonyl (C=O) groups is 2. The maximum atomic E-state index is 11.5. The van der Waals surface area contributed by atoms with Crippen molar-refractivity contribution >= 4 is 34.5 Å². The van der Waals surface area contributed by atoms with Gasteiger partial charge in [-0.15, -0.1) is 5.10 Å². The minimum atomic E-state index is -1.23. The van der Waals surface area contributed by atoms with Crippen LogP contribution < -0.4 is 10.4 Å². The molecule has 1 N–H and O–H groups in total. The molecule has 0 bridgehead atoms. The lowest BCUT2D eigenvalue weighted by Crippen LogP contribution is -2.31. The van der Waals surface area contributed by atoms with Crippen LogP contribution in [0.4, 0.5) is 0 Å². The molecule has 20 heavy (non-hydrogen) atoms. The Morgan fingerprint density at radius 3 is 2.70 bits per heavy atom. The Hall–Kier alpha value is -1.37. The monoisotopic (exact) mass is 296 g/mol. The van der Waals surface area contributed by atoms with Gasteiger partial charge < -0.3 is 15.2 Å². The summed E-state index contributed by atoms with van der Waals surface area (Å²) in [6.45, 7) is 2.20. The van der Waals surface area contributed by atoms with Crippen molar-refractivity contribution in [1.29, 1.82) is 0 Å². The van der Waals surface area contributed by atoms with E-state index in [9.17, 15) is 14.7 Å². The van der Waals surface area contributed by atoms with Crippen LogP contribution in [0.3, 0.4) is 0 Å². The zero-order valence-electron chi connectivity index (χ0n) is 11.4. The maximum absolute atomic E-state index is 11.5. The molecule has 1 aliphatic carbocycles. The molecule has 110 valence electrons. The van der Waals surface area contributed by atoms with Crippen molar-refractivity contribution in [2.45, 2.75) is 50.7 Å². The van der Waals surface area contributed by atoms with Crippen LogP contribution in [0.2, 0.25) is 0 Å². The van der Waals surface area contributed by atoms with Gasteiger partial charge in [-0.05, 0) is 31.6 Å².